The van der Waals surface area contributed by atoms with E-state index in [1.165, 1.54) is 24.1 Å². The molecule has 2 N–H and O–H groups in total. The average Bonchev–Trinajstić information content (AvgIpc) is 3.14. The lowest BCUT2D eigenvalue weighted by Gasteiger charge is -2.24. The monoisotopic (exact) mass is 487 g/mol. The van der Waals surface area contributed by atoms with Gasteiger partial charge in [-0.25, -0.2) is 9.59 Å². The number of hydrogen-bond acceptors (Lipinski definition) is 6. The summed E-state index contributed by atoms with van der Waals surface area (Å²) in [6.07, 6.45) is -0.625. The van der Waals surface area contributed by atoms with Gasteiger partial charge in [0.1, 0.15) is 12.2 Å². The molecule has 3 aromatic rings. The number of nitrogens with zero attached hydrogens (tertiary/aromatic N) is 1. The summed E-state index contributed by atoms with van der Waals surface area (Å²) in [7, 11) is -0.310. The summed E-state index contributed by atoms with van der Waals surface area (Å²) in [4.78, 5) is 27.1. The summed E-state index contributed by atoms with van der Waals surface area (Å²) < 4.78 is 11.2. The van der Waals surface area contributed by atoms with Gasteiger partial charge in [0.2, 0.25) is 0 Å². The highest BCUT2D eigenvalue weighted by Gasteiger charge is 2.30. The van der Waals surface area contributed by atoms with Gasteiger partial charge < -0.3 is 19.5 Å². The third-order valence-corrected chi connectivity index (χ3v) is 6.30. The highest BCUT2D eigenvalue weighted by atomic mass is 16.6. The summed E-state index contributed by atoms with van der Waals surface area (Å²) in [6.45, 7) is 7.01. The molecule has 0 radical (unpaired) electrons. The summed E-state index contributed by atoms with van der Waals surface area (Å²) in [5, 5.41) is 19.8. The topological polar surface area (TPSA) is 96.3 Å². The molecule has 0 atom stereocenters. The van der Waals surface area contributed by atoms with Crippen LogP contribution in [-0.4, -0.2) is 48.5 Å². The standard InChI is InChI=1S/C28H30BNO6/c1-17-24(29(33)34)14-18(26(31)36-28(2,3)4)15-25(17)30(5)27(32)35-16-23-21-12-8-6-10-19(21)20-11-7-9-13-22(20)23/h6-15,23,33-34H,16H2,1-5H3. The van der Waals surface area contributed by atoms with E-state index in [1.807, 2.05) is 36.4 Å². The zero-order valence-electron chi connectivity index (χ0n) is 21.1. The predicted octanol–water partition coefficient (Wildman–Crippen LogP) is 4.02. The maximum Gasteiger partial charge on any atom is 0.488 e. The Balaban J connectivity index is 1.59. The number of hydrogen-bond donors (Lipinski definition) is 2. The molecule has 0 heterocycles. The third kappa shape index (κ3) is 5.01. The Bertz CT molecular complexity index is 1270. The average molecular weight is 487 g/mol. The second-order valence-electron chi connectivity index (χ2n) is 9.95. The van der Waals surface area contributed by atoms with Gasteiger partial charge in [-0.05, 0) is 73.1 Å². The van der Waals surface area contributed by atoms with Crippen molar-refractivity contribution in [2.75, 3.05) is 18.6 Å². The van der Waals surface area contributed by atoms with Gasteiger partial charge in [-0.2, -0.15) is 0 Å². The Morgan fingerprint density at radius 2 is 1.53 bits per heavy atom. The van der Waals surface area contributed by atoms with Crippen molar-refractivity contribution < 1.29 is 29.1 Å². The minimum absolute atomic E-state index is 0.0984. The summed E-state index contributed by atoms with van der Waals surface area (Å²) in [5.41, 5.74) is 4.69. The van der Waals surface area contributed by atoms with Crippen LogP contribution in [0.2, 0.25) is 0 Å². The number of anilines is 1. The molecule has 1 aliphatic rings. The van der Waals surface area contributed by atoms with Crippen molar-refractivity contribution >= 4 is 30.3 Å². The lowest BCUT2D eigenvalue weighted by atomic mass is 9.76. The largest absolute Gasteiger partial charge is 0.488 e. The Kier molecular flexibility index (Phi) is 6.93. The van der Waals surface area contributed by atoms with Crippen molar-refractivity contribution in [2.24, 2.45) is 0 Å². The van der Waals surface area contributed by atoms with Crippen molar-refractivity contribution in [3.05, 3.63) is 82.9 Å². The van der Waals surface area contributed by atoms with Crippen molar-refractivity contribution in [3.63, 3.8) is 0 Å². The van der Waals surface area contributed by atoms with E-state index < -0.39 is 24.8 Å². The first-order chi connectivity index (χ1) is 17.0. The van der Waals surface area contributed by atoms with Crippen LogP contribution in [0.4, 0.5) is 10.5 Å². The van der Waals surface area contributed by atoms with Crippen LogP contribution in [0.3, 0.4) is 0 Å². The highest BCUT2D eigenvalue weighted by Crippen LogP contribution is 2.44. The number of carbonyl (C=O) groups excluding carboxylic acids is 2. The fourth-order valence-electron chi connectivity index (χ4n) is 4.58. The number of fused-ring (bicyclic) bond motifs is 3. The van der Waals surface area contributed by atoms with Gasteiger partial charge >= 0.3 is 19.2 Å². The number of esters is 1. The van der Waals surface area contributed by atoms with Gasteiger partial charge in [-0.3, -0.25) is 4.90 Å². The van der Waals surface area contributed by atoms with Gasteiger partial charge in [-0.1, -0.05) is 48.5 Å². The predicted molar refractivity (Wildman–Crippen MR) is 140 cm³/mol. The summed E-state index contributed by atoms with van der Waals surface area (Å²) >= 11 is 0. The minimum atomic E-state index is -1.83. The van der Waals surface area contributed by atoms with E-state index in [1.54, 1.807) is 27.7 Å². The smallest absolute Gasteiger partial charge is 0.456 e. The van der Waals surface area contributed by atoms with Crippen LogP contribution >= 0.6 is 0 Å². The maximum absolute atomic E-state index is 13.1. The minimum Gasteiger partial charge on any atom is -0.456 e. The number of rotatable bonds is 5. The van der Waals surface area contributed by atoms with Crippen LogP contribution < -0.4 is 10.4 Å². The molecule has 8 heteroatoms. The first kappa shape index (κ1) is 25.5. The molecule has 1 amide bonds. The van der Waals surface area contributed by atoms with Crippen LogP contribution in [0.15, 0.2) is 60.7 Å². The van der Waals surface area contributed by atoms with Gasteiger partial charge in [0.25, 0.3) is 0 Å². The summed E-state index contributed by atoms with van der Waals surface area (Å²) in [6, 6.07) is 19.0. The molecule has 1 aliphatic carbocycles. The van der Waals surface area contributed by atoms with Crippen molar-refractivity contribution in [2.45, 2.75) is 39.2 Å². The molecule has 0 fully saturated rings. The van der Waals surface area contributed by atoms with E-state index in [2.05, 4.69) is 12.1 Å². The van der Waals surface area contributed by atoms with Crippen LogP contribution in [0.5, 0.6) is 0 Å². The van der Waals surface area contributed by atoms with Gasteiger partial charge in [0, 0.05) is 13.0 Å². The summed E-state index contributed by atoms with van der Waals surface area (Å²) in [5.74, 6) is -0.731. The Labute approximate surface area is 211 Å². The van der Waals surface area contributed by atoms with E-state index in [0.29, 0.717) is 11.3 Å². The lowest BCUT2D eigenvalue weighted by molar-refractivity contribution is 0.00695. The SMILES string of the molecule is Cc1c(B(O)O)cc(C(=O)OC(C)(C)C)cc1N(C)C(=O)OCC1c2ccccc2-c2ccccc21. The fraction of sp³-hybridized carbons (Fsp3) is 0.286. The normalized spacial score (nSPS) is 12.5. The van der Waals surface area contributed by atoms with Crippen LogP contribution in [0.25, 0.3) is 11.1 Å². The van der Waals surface area contributed by atoms with Crippen molar-refractivity contribution in [1.82, 2.24) is 0 Å². The second-order valence-corrected chi connectivity index (χ2v) is 9.95. The van der Waals surface area contributed by atoms with Gasteiger partial charge in [0.05, 0.1) is 11.3 Å². The van der Waals surface area contributed by atoms with E-state index >= 15 is 0 Å². The molecule has 4 rings (SSSR count). The number of carbonyl (C=O) groups is 2. The molecule has 3 aromatic carbocycles. The first-order valence-electron chi connectivity index (χ1n) is 11.8. The molecule has 0 aliphatic heterocycles. The number of benzene rings is 3. The molecular weight excluding hydrogens is 457 g/mol. The molecule has 0 bridgehead atoms. The van der Waals surface area contributed by atoms with E-state index in [9.17, 15) is 19.6 Å². The molecule has 7 nitrogen and oxygen atoms in total. The zero-order chi connectivity index (χ0) is 26.2. The Morgan fingerprint density at radius 3 is 2.06 bits per heavy atom. The zero-order valence-corrected chi connectivity index (χ0v) is 21.1. The second kappa shape index (κ2) is 9.80. The molecular formula is C28H30BNO6. The first-order valence-corrected chi connectivity index (χ1v) is 11.8. The quantitative estimate of drug-likeness (QED) is 0.417. The van der Waals surface area contributed by atoms with Gasteiger partial charge in [-0.15, -0.1) is 0 Å². The lowest BCUT2D eigenvalue weighted by Crippen LogP contribution is -2.37. The number of amides is 1. The Hall–Kier alpha value is -3.62. The molecule has 0 spiro atoms. The number of ether oxygens (including phenoxy) is 2. The van der Waals surface area contributed by atoms with Gasteiger partial charge in [0.15, 0.2) is 0 Å². The molecule has 36 heavy (non-hydrogen) atoms. The highest BCUT2D eigenvalue weighted by molar-refractivity contribution is 6.59. The third-order valence-electron chi connectivity index (χ3n) is 6.30. The van der Waals surface area contributed by atoms with E-state index in [4.69, 9.17) is 9.47 Å². The molecule has 0 aromatic heterocycles. The molecule has 0 saturated carbocycles. The Morgan fingerprint density at radius 1 is 0.972 bits per heavy atom. The van der Waals surface area contributed by atoms with Crippen LogP contribution in [0.1, 0.15) is 53.7 Å². The van der Waals surface area contributed by atoms with E-state index in [-0.39, 0.29) is 23.6 Å². The molecule has 0 unspecified atom stereocenters. The maximum atomic E-state index is 13.1. The van der Waals surface area contributed by atoms with Crippen molar-refractivity contribution in [1.29, 1.82) is 0 Å². The van der Waals surface area contributed by atoms with Crippen LogP contribution in [-0.2, 0) is 9.47 Å². The van der Waals surface area contributed by atoms with E-state index in [0.717, 1.165) is 22.3 Å². The molecule has 0 saturated heterocycles. The van der Waals surface area contributed by atoms with Crippen LogP contribution in [0, 0.1) is 6.92 Å². The molecule has 186 valence electrons. The fourth-order valence-corrected chi connectivity index (χ4v) is 4.58. The van der Waals surface area contributed by atoms with Crippen molar-refractivity contribution in [3.8, 4) is 11.1 Å².